The van der Waals surface area contributed by atoms with E-state index in [1.54, 1.807) is 0 Å². The maximum Gasteiger partial charge on any atom is 0.435 e. The van der Waals surface area contributed by atoms with Gasteiger partial charge in [-0.1, -0.05) is 11.6 Å². The first-order valence-electron chi connectivity index (χ1n) is 10.6. The minimum absolute atomic E-state index is 0.0700. The third-order valence-electron chi connectivity index (χ3n) is 6.18. The number of pyridine rings is 1. The molecule has 0 spiro atoms. The number of fused-ring (bicyclic) bond motifs is 1. The van der Waals surface area contributed by atoms with Gasteiger partial charge in [-0.3, -0.25) is 9.20 Å². The molecule has 1 aliphatic heterocycles. The normalized spacial score (nSPS) is 20.6. The molecule has 11 heteroatoms. The van der Waals surface area contributed by atoms with Crippen molar-refractivity contribution < 1.29 is 31.5 Å². The number of carbonyl (C=O) groups excluding carboxylic acids is 1. The van der Waals surface area contributed by atoms with Crippen molar-refractivity contribution in [2.24, 2.45) is 5.92 Å². The zero-order valence-electron chi connectivity index (χ0n) is 17.2. The van der Waals surface area contributed by atoms with Gasteiger partial charge >= 0.3 is 6.18 Å². The molecule has 5 nitrogen and oxygen atoms in total. The Labute approximate surface area is 186 Å². The van der Waals surface area contributed by atoms with Gasteiger partial charge < -0.3 is 10.1 Å². The smallest absolute Gasteiger partial charge is 0.381 e. The Morgan fingerprint density at radius 2 is 1.84 bits per heavy atom. The second-order valence-corrected chi connectivity index (χ2v) is 8.92. The molecule has 1 aliphatic carbocycles. The van der Waals surface area contributed by atoms with Crippen LogP contribution < -0.4 is 5.32 Å². The van der Waals surface area contributed by atoms with Crippen molar-refractivity contribution in [1.29, 1.82) is 0 Å². The summed E-state index contributed by atoms with van der Waals surface area (Å²) in [5.74, 6) is -3.55. The van der Waals surface area contributed by atoms with E-state index in [-0.39, 0.29) is 66.1 Å². The van der Waals surface area contributed by atoms with Gasteiger partial charge in [-0.05, 0) is 50.2 Å². The quantitative estimate of drug-likeness (QED) is 0.479. The van der Waals surface area contributed by atoms with Gasteiger partial charge in [0.15, 0.2) is 5.69 Å². The van der Waals surface area contributed by atoms with Gasteiger partial charge in [0.2, 0.25) is 5.92 Å². The van der Waals surface area contributed by atoms with Crippen LogP contribution in [0.15, 0.2) is 12.1 Å². The number of nitrogens with one attached hydrogen (secondary N) is 1. The number of alkyl halides is 5. The molecule has 0 aromatic carbocycles. The van der Waals surface area contributed by atoms with E-state index in [0.29, 0.717) is 26.1 Å². The monoisotopic (exact) mass is 479 g/mol. The summed E-state index contributed by atoms with van der Waals surface area (Å²) >= 11 is 6.32. The minimum Gasteiger partial charge on any atom is -0.381 e. The summed E-state index contributed by atoms with van der Waals surface area (Å²) in [7, 11) is 0. The third kappa shape index (κ3) is 5.01. The number of aromatic nitrogens is 2. The van der Waals surface area contributed by atoms with Crippen LogP contribution >= 0.6 is 11.6 Å². The molecular weight excluding hydrogens is 457 g/mol. The summed E-state index contributed by atoms with van der Waals surface area (Å²) in [6.45, 7) is 1.05. The highest BCUT2D eigenvalue weighted by Gasteiger charge is 2.40. The van der Waals surface area contributed by atoms with E-state index in [1.165, 1.54) is 16.5 Å². The number of imidazole rings is 1. The molecule has 2 aromatic heterocycles. The fraction of sp³-hybridized carbons (Fsp3) is 0.619. The van der Waals surface area contributed by atoms with Crippen LogP contribution in [-0.2, 0) is 17.3 Å². The molecule has 1 saturated carbocycles. The van der Waals surface area contributed by atoms with Gasteiger partial charge in [-0.15, -0.1) is 0 Å². The molecule has 1 saturated heterocycles. The predicted molar refractivity (Wildman–Crippen MR) is 107 cm³/mol. The second-order valence-electron chi connectivity index (χ2n) is 8.53. The summed E-state index contributed by atoms with van der Waals surface area (Å²) in [5.41, 5.74) is -1.25. The van der Waals surface area contributed by atoms with Crippen LogP contribution in [-0.4, -0.2) is 40.5 Å². The Balaban J connectivity index is 1.64. The van der Waals surface area contributed by atoms with E-state index in [9.17, 15) is 26.7 Å². The zero-order chi connectivity index (χ0) is 23.1. The number of halogens is 6. The number of hydrogen-bond donors (Lipinski definition) is 1. The van der Waals surface area contributed by atoms with Crippen LogP contribution in [0.4, 0.5) is 22.0 Å². The van der Waals surface area contributed by atoms with Gasteiger partial charge in [0, 0.05) is 37.7 Å². The van der Waals surface area contributed by atoms with E-state index < -0.39 is 23.7 Å². The van der Waals surface area contributed by atoms with Crippen molar-refractivity contribution in [3.8, 4) is 0 Å². The van der Waals surface area contributed by atoms with E-state index >= 15 is 0 Å². The van der Waals surface area contributed by atoms with Crippen molar-refractivity contribution in [3.63, 3.8) is 0 Å². The summed E-state index contributed by atoms with van der Waals surface area (Å²) in [6.07, 6.45) is -3.96. The molecule has 2 aromatic rings. The Kier molecular flexibility index (Phi) is 6.37. The third-order valence-corrected chi connectivity index (χ3v) is 6.46. The van der Waals surface area contributed by atoms with Crippen molar-refractivity contribution in [2.75, 3.05) is 13.2 Å². The molecule has 1 N–H and O–H groups in total. The molecule has 0 atom stereocenters. The standard InChI is InChI=1S/C21H23ClF5N3O2/c22-16-10-13(19(31)28-14-3-7-32-8-4-14)11-17-29-18(21(25,26)27)15(30(16)17)9-12-1-5-20(23,24)6-2-12/h10-12,14H,1-9H2,(H,28,31). The summed E-state index contributed by atoms with van der Waals surface area (Å²) < 4.78 is 74.6. The first-order chi connectivity index (χ1) is 15.0. The Hall–Kier alpha value is -1.94. The van der Waals surface area contributed by atoms with E-state index in [2.05, 4.69) is 10.3 Å². The molecule has 2 aliphatic rings. The lowest BCUT2D eigenvalue weighted by Gasteiger charge is -2.28. The lowest BCUT2D eigenvalue weighted by atomic mass is 9.83. The van der Waals surface area contributed by atoms with Crippen LogP contribution in [0.5, 0.6) is 0 Å². The largest absolute Gasteiger partial charge is 0.435 e. The fourth-order valence-electron chi connectivity index (χ4n) is 4.42. The second kappa shape index (κ2) is 8.78. The van der Waals surface area contributed by atoms with Gasteiger partial charge in [-0.25, -0.2) is 13.8 Å². The number of carbonyl (C=O) groups is 1. The van der Waals surface area contributed by atoms with Gasteiger partial charge in [0.1, 0.15) is 10.8 Å². The predicted octanol–water partition coefficient (Wildman–Crippen LogP) is 5.28. The molecule has 0 bridgehead atoms. The summed E-state index contributed by atoms with van der Waals surface area (Å²) in [5, 5.41) is 2.76. The molecule has 32 heavy (non-hydrogen) atoms. The van der Waals surface area contributed by atoms with Crippen LogP contribution in [0.2, 0.25) is 5.15 Å². The van der Waals surface area contributed by atoms with E-state index in [0.717, 1.165) is 0 Å². The lowest BCUT2D eigenvalue weighted by molar-refractivity contribution is -0.141. The highest BCUT2D eigenvalue weighted by Crippen LogP contribution is 2.40. The van der Waals surface area contributed by atoms with Crippen molar-refractivity contribution in [3.05, 3.63) is 34.2 Å². The number of hydrogen-bond acceptors (Lipinski definition) is 3. The van der Waals surface area contributed by atoms with Crippen molar-refractivity contribution >= 4 is 23.2 Å². The Morgan fingerprint density at radius 1 is 1.19 bits per heavy atom. The van der Waals surface area contributed by atoms with E-state index in [1.807, 2.05) is 0 Å². The molecule has 0 radical (unpaired) electrons. The van der Waals surface area contributed by atoms with Crippen molar-refractivity contribution in [2.45, 2.75) is 63.1 Å². The van der Waals surface area contributed by atoms with Crippen molar-refractivity contribution in [1.82, 2.24) is 14.7 Å². The number of ether oxygens (including phenoxy) is 1. The number of rotatable bonds is 4. The highest BCUT2D eigenvalue weighted by atomic mass is 35.5. The molecule has 3 heterocycles. The molecular formula is C21H23ClF5N3O2. The molecule has 4 rings (SSSR count). The SMILES string of the molecule is O=C(NC1CCOCC1)c1cc(Cl)n2c(CC3CCC(F)(F)CC3)c(C(F)(F)F)nc2c1. The summed E-state index contributed by atoms with van der Waals surface area (Å²) in [4.78, 5) is 16.4. The van der Waals surface area contributed by atoms with Gasteiger partial charge in [-0.2, -0.15) is 13.2 Å². The van der Waals surface area contributed by atoms with Gasteiger partial charge in [0.25, 0.3) is 5.91 Å². The molecule has 176 valence electrons. The zero-order valence-corrected chi connectivity index (χ0v) is 17.9. The maximum absolute atomic E-state index is 13.7. The van der Waals surface area contributed by atoms with Crippen LogP contribution in [0, 0.1) is 5.92 Å². The van der Waals surface area contributed by atoms with Crippen LogP contribution in [0.3, 0.4) is 0 Å². The highest BCUT2D eigenvalue weighted by molar-refractivity contribution is 6.30. The summed E-state index contributed by atoms with van der Waals surface area (Å²) in [6, 6.07) is 2.49. The Morgan fingerprint density at radius 3 is 2.47 bits per heavy atom. The van der Waals surface area contributed by atoms with Crippen LogP contribution in [0.25, 0.3) is 5.65 Å². The molecule has 0 unspecified atom stereocenters. The first-order valence-corrected chi connectivity index (χ1v) is 11.0. The number of nitrogens with zero attached hydrogens (tertiary/aromatic N) is 2. The average Bonchev–Trinajstić information content (AvgIpc) is 3.09. The minimum atomic E-state index is -4.74. The van der Waals surface area contributed by atoms with E-state index in [4.69, 9.17) is 16.3 Å². The number of amides is 1. The first kappa shape index (κ1) is 23.2. The average molecular weight is 480 g/mol. The molecule has 1 amide bonds. The van der Waals surface area contributed by atoms with Gasteiger partial charge in [0.05, 0.1) is 5.69 Å². The fourth-order valence-corrected chi connectivity index (χ4v) is 4.72. The lowest BCUT2D eigenvalue weighted by Crippen LogP contribution is -2.38. The molecule has 2 fully saturated rings. The Bertz CT molecular complexity index is 991. The topological polar surface area (TPSA) is 55.6 Å². The van der Waals surface area contributed by atoms with Crippen LogP contribution in [0.1, 0.15) is 60.3 Å². The maximum atomic E-state index is 13.7.